The van der Waals surface area contributed by atoms with Gasteiger partial charge in [0.2, 0.25) is 0 Å². The third-order valence-electron chi connectivity index (χ3n) is 3.34. The number of carboxylic acids is 1. The Hall–Kier alpha value is -2.41. The minimum atomic E-state index is -2.34. The van der Waals surface area contributed by atoms with Gasteiger partial charge < -0.3 is 14.4 Å². The van der Waals surface area contributed by atoms with Crippen molar-refractivity contribution in [3.8, 4) is 0 Å². The molecule has 10 nitrogen and oxygen atoms in total. The molecule has 0 fully saturated rings. The van der Waals surface area contributed by atoms with Gasteiger partial charge in [0, 0.05) is 56.7 Å². The van der Waals surface area contributed by atoms with Crippen molar-refractivity contribution in [3.05, 3.63) is 79.9 Å². The molecule has 0 aliphatic carbocycles. The van der Waals surface area contributed by atoms with Crippen molar-refractivity contribution in [3.63, 3.8) is 0 Å². The molecule has 2 N–H and O–H groups in total. The van der Waals surface area contributed by atoms with Crippen LogP contribution in [0.5, 0.6) is 0 Å². The van der Waals surface area contributed by atoms with Gasteiger partial charge in [-0.2, -0.15) is 0 Å². The monoisotopic (exact) mass is 619 g/mol. The molecule has 0 aliphatic heterocycles. The first-order chi connectivity index (χ1) is 14.5. The first-order valence-electron chi connectivity index (χ1n) is 7.93. The van der Waals surface area contributed by atoms with Crippen LogP contribution < -0.4 is 4.72 Å². The van der Waals surface area contributed by atoms with Crippen molar-refractivity contribution < 1.29 is 53.0 Å². The fourth-order valence-corrected chi connectivity index (χ4v) is 2.58. The third kappa shape index (κ3) is 17.0. The number of nitrogens with one attached hydrogen (secondary N) is 1. The maximum Gasteiger partial charge on any atom is 0 e. The predicted octanol–water partition coefficient (Wildman–Crippen LogP) is 1.30. The summed E-state index contributed by atoms with van der Waals surface area (Å²) < 4.78 is 45.9. The molecule has 0 saturated carbocycles. The maximum absolute atomic E-state index is 11.0. The van der Waals surface area contributed by atoms with Gasteiger partial charge in [0.25, 0.3) is 0 Å². The largest absolute Gasteiger partial charge is 0 e. The number of hydrogen-bond donors (Lipinski definition) is 2. The number of carbonyl (C=O) groups is 1. The van der Waals surface area contributed by atoms with E-state index in [1.165, 1.54) is 0 Å². The van der Waals surface area contributed by atoms with Gasteiger partial charge in [-0.3, -0.25) is 18.9 Å². The molecule has 0 saturated heterocycles. The number of aliphatic carboxylic acids is 1. The van der Waals surface area contributed by atoms with E-state index < -0.39 is 17.2 Å². The van der Waals surface area contributed by atoms with E-state index in [4.69, 9.17) is 19.1 Å². The third-order valence-corrected chi connectivity index (χ3v) is 3.74. The summed E-state index contributed by atoms with van der Waals surface area (Å²) in [6, 6.07) is 12.5. The second-order valence-corrected chi connectivity index (χ2v) is 5.88. The summed E-state index contributed by atoms with van der Waals surface area (Å²) >= 11 is -2.34. The first kappa shape index (κ1) is 33.2. The number of hydrogen-bond acceptors (Lipinski definition) is 5. The van der Waals surface area contributed by atoms with Crippen molar-refractivity contribution in [2.75, 3.05) is 17.8 Å². The normalized spacial score (nSPS) is 9.55. The summed E-state index contributed by atoms with van der Waals surface area (Å²) in [5.41, 5.74) is 2.30. The van der Waals surface area contributed by atoms with Gasteiger partial charge in [-0.15, -0.1) is 0 Å². The zero-order valence-corrected chi connectivity index (χ0v) is 19.6. The molecular formula is C19H18N3O7ReS-. The van der Waals surface area contributed by atoms with E-state index in [0.29, 0.717) is 25.2 Å². The van der Waals surface area contributed by atoms with Crippen LogP contribution in [0.25, 0.3) is 0 Å². The van der Waals surface area contributed by atoms with Crippen LogP contribution in [0.1, 0.15) is 11.3 Å². The van der Waals surface area contributed by atoms with Crippen molar-refractivity contribution >= 4 is 22.9 Å². The molecule has 12 heteroatoms. The van der Waals surface area contributed by atoms with Crippen LogP contribution in [0.3, 0.4) is 0 Å². The molecule has 2 rings (SSSR count). The Morgan fingerprint density at radius 3 is 2.13 bits per heavy atom. The predicted molar refractivity (Wildman–Crippen MR) is 102 cm³/mol. The minimum absolute atomic E-state index is 0. The second-order valence-electron chi connectivity index (χ2n) is 5.21. The average molecular weight is 619 g/mol. The smallest absolute Gasteiger partial charge is 0 e. The number of aromatic nitrogens is 1. The average Bonchev–Trinajstić information content (AvgIpc) is 2.77. The fourth-order valence-electron chi connectivity index (χ4n) is 2.25. The van der Waals surface area contributed by atoms with Crippen molar-refractivity contribution in [1.82, 2.24) is 9.88 Å². The molecule has 1 aromatic carbocycles. The molecule has 0 spiro atoms. The first-order valence-corrected chi connectivity index (χ1v) is 9.00. The topological polar surface area (TPSA) is 165 Å². The summed E-state index contributed by atoms with van der Waals surface area (Å²) in [5.74, 6) is -0.886. The van der Waals surface area contributed by atoms with Crippen molar-refractivity contribution in [2.45, 2.75) is 13.0 Å². The molecule has 0 amide bonds. The summed E-state index contributed by atoms with van der Waals surface area (Å²) in [6.07, 6.45) is 2.33. The van der Waals surface area contributed by atoms with Crippen LogP contribution in [0.15, 0.2) is 48.7 Å². The zero-order chi connectivity index (χ0) is 23.4. The fraction of sp³-hybridized carbons (Fsp3) is 0.211. The van der Waals surface area contributed by atoms with Crippen LogP contribution in [0.2, 0.25) is 0 Å². The Morgan fingerprint density at radius 2 is 1.68 bits per heavy atom. The van der Waals surface area contributed by atoms with Gasteiger partial charge in [0.1, 0.15) is 0 Å². The molecular weight excluding hydrogens is 600 g/mol. The van der Waals surface area contributed by atoms with Crippen molar-refractivity contribution in [2.24, 2.45) is 0 Å². The number of anilines is 1. The zero-order valence-electron chi connectivity index (χ0n) is 16.0. The second kappa shape index (κ2) is 22.3. The van der Waals surface area contributed by atoms with Gasteiger partial charge in [-0.05, 0) is 36.2 Å². The van der Waals surface area contributed by atoms with Crippen LogP contribution in [-0.4, -0.2) is 42.8 Å². The summed E-state index contributed by atoms with van der Waals surface area (Å²) in [6.45, 7) is 14.5. The Balaban J connectivity index is -0.00000103. The van der Waals surface area contributed by atoms with Gasteiger partial charge in [0.05, 0.1) is 12.2 Å². The minimum Gasteiger partial charge on any atom is 0 e. The molecule has 1 unspecified atom stereocenters. The number of benzene rings is 1. The summed E-state index contributed by atoms with van der Waals surface area (Å²) in [7, 11) is 0. The van der Waals surface area contributed by atoms with Crippen LogP contribution in [0.4, 0.5) is 5.69 Å². The van der Waals surface area contributed by atoms with Gasteiger partial charge in [-0.25, -0.2) is 0 Å². The van der Waals surface area contributed by atoms with E-state index >= 15 is 0 Å². The van der Waals surface area contributed by atoms with E-state index in [2.05, 4.69) is 29.7 Å². The Labute approximate surface area is 196 Å². The van der Waals surface area contributed by atoms with E-state index in [0.717, 1.165) is 11.3 Å². The van der Waals surface area contributed by atoms with Gasteiger partial charge in [-0.1, -0.05) is 18.2 Å². The number of pyridine rings is 1. The molecule has 2 aromatic rings. The Bertz CT molecular complexity index is 800. The molecule has 165 valence electrons. The van der Waals surface area contributed by atoms with Crippen LogP contribution in [-0.2, 0) is 63.4 Å². The maximum atomic E-state index is 11.0. The summed E-state index contributed by atoms with van der Waals surface area (Å²) in [4.78, 5) is 17.1. The van der Waals surface area contributed by atoms with E-state index in [1.807, 2.05) is 35.2 Å². The quantitative estimate of drug-likeness (QED) is 0.244. The van der Waals surface area contributed by atoms with Gasteiger partial charge in [0.15, 0.2) is 0 Å². The molecule has 31 heavy (non-hydrogen) atoms. The van der Waals surface area contributed by atoms with Gasteiger partial charge >= 0.3 is 39.9 Å². The van der Waals surface area contributed by atoms with Crippen LogP contribution >= 0.6 is 0 Å². The van der Waals surface area contributed by atoms with Crippen molar-refractivity contribution in [1.29, 1.82) is 0 Å². The molecule has 1 aromatic heterocycles. The number of carboxylic acid groups (broad SMARTS) is 1. The molecule has 0 aliphatic rings. The Kier molecular flexibility index (Phi) is 23.9. The Morgan fingerprint density at radius 1 is 1.10 bits per heavy atom. The number of nitrogens with zero attached hydrogens (tertiary/aromatic N) is 2. The SMILES string of the molecule is O=C(O)CN(CCc1ccc(NS(=O)[O-])cc1)Cc1ccccn1.[C-]#[O+].[C-]#[O+].[C-]#[O+].[Re]. The summed E-state index contributed by atoms with van der Waals surface area (Å²) in [5, 5.41) is 9.05. The molecule has 1 radical (unpaired) electrons. The standard InChI is InChI=1S/C16H19N3O4S.3CO.Re/c20-16(21)12-19(11-15-3-1-2-9-17-15)10-8-13-4-6-14(7-5-13)18-24(22)23;3*1-2;/h1-7,9,18H,8,10-12H2,(H,20,21)(H,22,23);;;;/p-1. The van der Waals surface area contributed by atoms with Crippen LogP contribution in [0, 0.1) is 20.0 Å². The van der Waals surface area contributed by atoms with E-state index in [9.17, 15) is 13.6 Å². The van der Waals surface area contributed by atoms with E-state index in [1.54, 1.807) is 18.3 Å². The number of rotatable bonds is 9. The van der Waals surface area contributed by atoms with E-state index in [-0.39, 0.29) is 27.0 Å². The molecule has 1 atom stereocenters. The molecule has 1 heterocycles. The molecule has 0 bridgehead atoms.